The molecule has 4 rings (SSSR count). The quantitative estimate of drug-likeness (QED) is 0.791. The summed E-state index contributed by atoms with van der Waals surface area (Å²) in [5, 5.41) is 7.55. The summed E-state index contributed by atoms with van der Waals surface area (Å²) in [6.45, 7) is 5.13. The van der Waals surface area contributed by atoms with Crippen molar-refractivity contribution in [1.29, 1.82) is 0 Å². The van der Waals surface area contributed by atoms with Crippen LogP contribution >= 0.6 is 0 Å². The molecule has 2 aromatic heterocycles. The highest BCUT2D eigenvalue weighted by Crippen LogP contribution is 2.20. The molecule has 3 heterocycles. The Morgan fingerprint density at radius 1 is 1.24 bits per heavy atom. The number of amides is 1. The van der Waals surface area contributed by atoms with Crippen LogP contribution in [0.2, 0.25) is 0 Å². The fourth-order valence-electron chi connectivity index (χ4n) is 3.18. The fourth-order valence-corrected chi connectivity index (χ4v) is 3.18. The summed E-state index contributed by atoms with van der Waals surface area (Å²) in [7, 11) is 0. The van der Waals surface area contributed by atoms with E-state index in [0.29, 0.717) is 17.0 Å². The Hall–Kier alpha value is -2.73. The first-order chi connectivity index (χ1) is 12.2. The van der Waals surface area contributed by atoms with Crippen molar-refractivity contribution < 1.29 is 9.32 Å². The molecule has 128 valence electrons. The van der Waals surface area contributed by atoms with Gasteiger partial charge in [-0.2, -0.15) is 0 Å². The van der Waals surface area contributed by atoms with Crippen LogP contribution < -0.4 is 5.32 Å². The maximum atomic E-state index is 12.4. The number of carbonyl (C=O) groups excluding carboxylic acids is 1. The monoisotopic (exact) mass is 336 g/mol. The molecule has 1 N–H and O–H groups in total. The molecule has 1 aliphatic heterocycles. The smallest absolute Gasteiger partial charge is 0.258 e. The average molecular weight is 336 g/mol. The molecule has 1 amide bonds. The van der Waals surface area contributed by atoms with E-state index in [9.17, 15) is 4.79 Å². The van der Waals surface area contributed by atoms with E-state index in [1.54, 1.807) is 6.20 Å². The second kappa shape index (κ2) is 6.64. The third-order valence-corrected chi connectivity index (χ3v) is 4.59. The van der Waals surface area contributed by atoms with Gasteiger partial charge in [0.05, 0.1) is 23.0 Å². The van der Waals surface area contributed by atoms with Gasteiger partial charge in [0.2, 0.25) is 0 Å². The number of benzene rings is 1. The van der Waals surface area contributed by atoms with Crippen LogP contribution in [0.15, 0.2) is 41.1 Å². The van der Waals surface area contributed by atoms with Crippen molar-refractivity contribution in [1.82, 2.24) is 15.0 Å². The van der Waals surface area contributed by atoms with E-state index in [-0.39, 0.29) is 5.91 Å². The van der Waals surface area contributed by atoms with Gasteiger partial charge >= 0.3 is 0 Å². The van der Waals surface area contributed by atoms with Crippen molar-refractivity contribution in [3.8, 4) is 0 Å². The number of anilines is 1. The van der Waals surface area contributed by atoms with E-state index in [0.717, 1.165) is 17.6 Å². The Bertz CT molecular complexity index is 895. The Balaban J connectivity index is 1.45. The topological polar surface area (TPSA) is 71.3 Å². The lowest BCUT2D eigenvalue weighted by Crippen LogP contribution is -2.18. The molecule has 0 aliphatic carbocycles. The van der Waals surface area contributed by atoms with Crippen LogP contribution in [0.1, 0.15) is 34.5 Å². The Labute approximate surface area is 145 Å². The number of hydrogen-bond donors (Lipinski definition) is 1. The molecule has 1 aliphatic rings. The van der Waals surface area contributed by atoms with E-state index in [1.165, 1.54) is 31.5 Å². The maximum Gasteiger partial charge on any atom is 0.258 e. The van der Waals surface area contributed by atoms with Crippen molar-refractivity contribution in [2.45, 2.75) is 26.3 Å². The van der Waals surface area contributed by atoms with Gasteiger partial charge in [-0.1, -0.05) is 17.3 Å². The van der Waals surface area contributed by atoms with Crippen LogP contribution in [0.25, 0.3) is 11.1 Å². The van der Waals surface area contributed by atoms with Gasteiger partial charge in [-0.25, -0.2) is 4.98 Å². The number of carbonyl (C=O) groups is 1. The molecule has 6 nitrogen and oxygen atoms in total. The van der Waals surface area contributed by atoms with Crippen molar-refractivity contribution in [2.24, 2.45) is 0 Å². The van der Waals surface area contributed by atoms with Crippen LogP contribution in [0.4, 0.5) is 5.69 Å². The first-order valence-corrected chi connectivity index (χ1v) is 8.54. The number of fused-ring (bicyclic) bond motifs is 1. The number of hydrogen-bond acceptors (Lipinski definition) is 5. The summed E-state index contributed by atoms with van der Waals surface area (Å²) in [4.78, 5) is 19.1. The lowest BCUT2D eigenvalue weighted by molar-refractivity contribution is 0.102. The highest BCUT2D eigenvalue weighted by Gasteiger charge is 2.13. The molecule has 0 unspecified atom stereocenters. The Morgan fingerprint density at radius 2 is 2.00 bits per heavy atom. The molecule has 6 heteroatoms. The third-order valence-electron chi connectivity index (χ3n) is 4.59. The SMILES string of the molecule is Cc1noc2ncc(NC(=O)c3ccc(CN4CCCC4)cc3)cc12. The van der Waals surface area contributed by atoms with Crippen LogP contribution in [0.3, 0.4) is 0 Å². The zero-order valence-electron chi connectivity index (χ0n) is 14.2. The fraction of sp³-hybridized carbons (Fsp3) is 0.316. The second-order valence-corrected chi connectivity index (χ2v) is 6.48. The summed E-state index contributed by atoms with van der Waals surface area (Å²) in [6.07, 6.45) is 4.14. The van der Waals surface area contributed by atoms with Gasteiger partial charge in [0, 0.05) is 12.1 Å². The van der Waals surface area contributed by atoms with Crippen molar-refractivity contribution in [3.05, 3.63) is 53.3 Å². The van der Waals surface area contributed by atoms with Crippen LogP contribution in [0, 0.1) is 6.92 Å². The lowest BCUT2D eigenvalue weighted by Gasteiger charge is -2.14. The van der Waals surface area contributed by atoms with Gasteiger partial charge in [-0.05, 0) is 56.6 Å². The minimum absolute atomic E-state index is 0.150. The minimum Gasteiger partial charge on any atom is -0.336 e. The molecule has 0 bridgehead atoms. The number of aryl methyl sites for hydroxylation is 1. The summed E-state index contributed by atoms with van der Waals surface area (Å²) in [5.41, 5.74) is 3.73. The van der Waals surface area contributed by atoms with Crippen LogP contribution in [0.5, 0.6) is 0 Å². The molecular weight excluding hydrogens is 316 g/mol. The number of pyridine rings is 1. The van der Waals surface area contributed by atoms with Crippen LogP contribution in [-0.2, 0) is 6.54 Å². The third kappa shape index (κ3) is 3.39. The maximum absolute atomic E-state index is 12.4. The molecule has 0 spiro atoms. The second-order valence-electron chi connectivity index (χ2n) is 6.48. The first kappa shape index (κ1) is 15.8. The molecule has 0 atom stereocenters. The number of nitrogens with zero attached hydrogens (tertiary/aromatic N) is 3. The van der Waals surface area contributed by atoms with Gasteiger partial charge in [0.25, 0.3) is 11.6 Å². The normalized spacial score (nSPS) is 14.9. The summed E-state index contributed by atoms with van der Waals surface area (Å²) in [6, 6.07) is 9.63. The predicted octanol–water partition coefficient (Wildman–Crippen LogP) is 3.38. The zero-order valence-corrected chi connectivity index (χ0v) is 14.2. The molecule has 1 saturated heterocycles. The number of nitrogens with one attached hydrogen (secondary N) is 1. The lowest BCUT2D eigenvalue weighted by atomic mass is 10.1. The Morgan fingerprint density at radius 3 is 2.76 bits per heavy atom. The summed E-state index contributed by atoms with van der Waals surface area (Å²) >= 11 is 0. The van der Waals surface area contributed by atoms with E-state index < -0.39 is 0 Å². The van der Waals surface area contributed by atoms with Gasteiger partial charge in [0.15, 0.2) is 0 Å². The van der Waals surface area contributed by atoms with E-state index in [1.807, 2.05) is 37.3 Å². The minimum atomic E-state index is -0.150. The van der Waals surface area contributed by atoms with Gasteiger partial charge in [-0.15, -0.1) is 0 Å². The van der Waals surface area contributed by atoms with E-state index in [4.69, 9.17) is 4.52 Å². The highest BCUT2D eigenvalue weighted by atomic mass is 16.5. The van der Waals surface area contributed by atoms with Gasteiger partial charge in [0.1, 0.15) is 0 Å². The summed E-state index contributed by atoms with van der Waals surface area (Å²) in [5.74, 6) is -0.150. The molecular formula is C19H20N4O2. The molecule has 25 heavy (non-hydrogen) atoms. The molecule has 1 aromatic carbocycles. The standard InChI is InChI=1S/C19H20N4O2/c1-13-17-10-16(11-20-19(17)25-22-13)21-18(24)15-6-4-14(5-7-15)12-23-8-2-3-9-23/h4-7,10-11H,2-3,8-9,12H2,1H3,(H,21,24). The highest BCUT2D eigenvalue weighted by molar-refractivity contribution is 6.04. The van der Waals surface area contributed by atoms with Crippen molar-refractivity contribution >= 4 is 22.7 Å². The molecule has 0 radical (unpaired) electrons. The zero-order chi connectivity index (χ0) is 17.2. The average Bonchev–Trinajstić information content (AvgIpc) is 3.26. The molecule has 0 saturated carbocycles. The van der Waals surface area contributed by atoms with Gasteiger partial charge < -0.3 is 9.84 Å². The summed E-state index contributed by atoms with van der Waals surface area (Å²) < 4.78 is 5.08. The first-order valence-electron chi connectivity index (χ1n) is 8.54. The molecule has 3 aromatic rings. The predicted molar refractivity (Wildman–Crippen MR) is 95.4 cm³/mol. The molecule has 1 fully saturated rings. The largest absolute Gasteiger partial charge is 0.336 e. The van der Waals surface area contributed by atoms with Crippen LogP contribution in [-0.4, -0.2) is 34.0 Å². The number of rotatable bonds is 4. The number of likely N-dealkylation sites (tertiary alicyclic amines) is 1. The van der Waals surface area contributed by atoms with E-state index in [2.05, 4.69) is 20.4 Å². The number of aromatic nitrogens is 2. The van der Waals surface area contributed by atoms with E-state index >= 15 is 0 Å². The Kier molecular flexibility index (Phi) is 4.19. The van der Waals surface area contributed by atoms with Crippen molar-refractivity contribution in [3.63, 3.8) is 0 Å². The van der Waals surface area contributed by atoms with Crippen molar-refractivity contribution in [2.75, 3.05) is 18.4 Å². The van der Waals surface area contributed by atoms with Gasteiger partial charge in [-0.3, -0.25) is 9.69 Å².